The number of rotatable bonds is 0. The fourth-order valence-corrected chi connectivity index (χ4v) is 9.46. The second kappa shape index (κ2) is 6.90. The zero-order valence-electron chi connectivity index (χ0n) is 19.8. The molecule has 11 atom stereocenters. The highest BCUT2D eigenvalue weighted by Gasteiger charge is 2.62. The van der Waals surface area contributed by atoms with Crippen molar-refractivity contribution in [3.63, 3.8) is 0 Å². The van der Waals surface area contributed by atoms with Crippen molar-refractivity contribution < 1.29 is 14.6 Å². The molecule has 0 aromatic heterocycles. The van der Waals surface area contributed by atoms with Crippen LogP contribution in [0.25, 0.3) is 0 Å². The van der Waals surface area contributed by atoms with Crippen molar-refractivity contribution in [3.8, 4) is 0 Å². The van der Waals surface area contributed by atoms with E-state index >= 15 is 0 Å². The van der Waals surface area contributed by atoms with Crippen LogP contribution < -0.4 is 5.32 Å². The zero-order valence-corrected chi connectivity index (χ0v) is 19.8. The molecule has 0 bridgehead atoms. The number of aliphatic hydroxyl groups is 1. The summed E-state index contributed by atoms with van der Waals surface area (Å²) in [6.45, 7) is 10.6. The van der Waals surface area contributed by atoms with Crippen LogP contribution in [0, 0.1) is 40.9 Å². The molecule has 0 aromatic rings. The van der Waals surface area contributed by atoms with E-state index in [-0.39, 0.29) is 23.0 Å². The van der Waals surface area contributed by atoms with Gasteiger partial charge in [-0.15, -0.1) is 0 Å². The van der Waals surface area contributed by atoms with Crippen LogP contribution in [0.15, 0.2) is 11.1 Å². The van der Waals surface area contributed by atoms with Gasteiger partial charge >= 0.3 is 0 Å². The summed E-state index contributed by atoms with van der Waals surface area (Å²) >= 11 is 0. The third-order valence-corrected chi connectivity index (χ3v) is 11.2. The Balaban J connectivity index is 1.35. The quantitative estimate of drug-likeness (QED) is 0.567. The minimum atomic E-state index is -0.280. The average molecular weight is 428 g/mol. The monoisotopic (exact) mass is 427 g/mol. The minimum absolute atomic E-state index is 0.0720. The number of carbonyl (C=O) groups is 1. The van der Waals surface area contributed by atoms with Crippen LogP contribution in [0.3, 0.4) is 0 Å². The van der Waals surface area contributed by atoms with Gasteiger partial charge in [0.1, 0.15) is 5.78 Å². The molecular formula is C27H41NO3. The van der Waals surface area contributed by atoms with Crippen LogP contribution in [0.4, 0.5) is 0 Å². The Bertz CT molecular complexity index is 821. The lowest BCUT2D eigenvalue weighted by molar-refractivity contribution is -0.145. The molecule has 2 heterocycles. The molecule has 31 heavy (non-hydrogen) atoms. The molecule has 4 nitrogen and oxygen atoms in total. The fraction of sp³-hybridized carbons (Fsp3) is 0.889. The third kappa shape index (κ3) is 2.74. The van der Waals surface area contributed by atoms with Crippen molar-refractivity contribution in [2.45, 2.75) is 103 Å². The van der Waals surface area contributed by atoms with Gasteiger partial charge in [0.15, 0.2) is 0 Å². The van der Waals surface area contributed by atoms with Crippen molar-refractivity contribution >= 4 is 5.78 Å². The molecule has 1 spiro atoms. The topological polar surface area (TPSA) is 58.6 Å². The highest BCUT2D eigenvalue weighted by molar-refractivity contribution is 5.83. The van der Waals surface area contributed by atoms with E-state index in [0.717, 1.165) is 38.6 Å². The van der Waals surface area contributed by atoms with E-state index in [1.165, 1.54) is 18.4 Å². The Morgan fingerprint density at radius 3 is 2.74 bits per heavy atom. The standard InChI is InChI=1S/C27H41NO3/c1-14-9-24-25(28-13-14)16(3)27(31-24)8-6-18-19(15(27)2)11-21-20(18)12-23(30)22-10-17(29)5-7-26(21,22)4/h14,16-18,20-22,24-25,28-29H,5-13H2,1-4H3/t14-,16+,17-,18-,20-,21-,22+,24+,25-,26-,27-/m0/s1. The Morgan fingerprint density at radius 2 is 1.94 bits per heavy atom. The number of piperidine rings is 1. The molecule has 0 unspecified atom stereocenters. The van der Waals surface area contributed by atoms with Crippen LogP contribution in [0.5, 0.6) is 0 Å². The lowest BCUT2D eigenvalue weighted by Crippen LogP contribution is -2.51. The minimum Gasteiger partial charge on any atom is -0.393 e. The van der Waals surface area contributed by atoms with Gasteiger partial charge in [0.05, 0.1) is 17.8 Å². The molecule has 2 N–H and O–H groups in total. The molecule has 3 saturated carbocycles. The van der Waals surface area contributed by atoms with Gasteiger partial charge in [-0.3, -0.25) is 4.79 Å². The second-order valence-electron chi connectivity index (χ2n) is 12.5. The predicted molar refractivity (Wildman–Crippen MR) is 120 cm³/mol. The molecule has 4 aliphatic carbocycles. The number of aliphatic hydroxyl groups excluding tert-OH is 1. The number of ketones is 1. The molecular weight excluding hydrogens is 386 g/mol. The summed E-state index contributed by atoms with van der Waals surface area (Å²) in [5.74, 6) is 3.41. The molecule has 2 aliphatic heterocycles. The van der Waals surface area contributed by atoms with Crippen LogP contribution >= 0.6 is 0 Å². The number of Topliss-reactive ketones (excluding diaryl/α,β-unsaturated/α-hetero) is 1. The van der Waals surface area contributed by atoms with Gasteiger partial charge in [0.2, 0.25) is 0 Å². The first kappa shape index (κ1) is 20.9. The Labute approximate surface area is 187 Å². The number of ether oxygens (including phenoxy) is 1. The van der Waals surface area contributed by atoms with Gasteiger partial charge in [-0.2, -0.15) is 0 Å². The van der Waals surface area contributed by atoms with E-state index in [4.69, 9.17) is 4.74 Å². The van der Waals surface area contributed by atoms with Crippen molar-refractivity contribution in [1.29, 1.82) is 0 Å². The van der Waals surface area contributed by atoms with E-state index in [1.54, 1.807) is 5.57 Å². The van der Waals surface area contributed by atoms with Crippen LogP contribution in [-0.2, 0) is 9.53 Å². The molecule has 0 radical (unpaired) electrons. The molecule has 172 valence electrons. The first-order valence-corrected chi connectivity index (χ1v) is 13.1. The van der Waals surface area contributed by atoms with Gasteiger partial charge in [0.25, 0.3) is 0 Å². The molecule has 0 aromatic carbocycles. The average Bonchev–Trinajstić information content (AvgIpc) is 3.23. The normalized spacial score (nSPS) is 56.3. The molecule has 5 fully saturated rings. The number of carbonyl (C=O) groups excluding carboxylic acids is 1. The maximum absolute atomic E-state index is 13.2. The Kier molecular flexibility index (Phi) is 4.64. The van der Waals surface area contributed by atoms with E-state index in [9.17, 15) is 9.90 Å². The molecule has 6 aliphatic rings. The van der Waals surface area contributed by atoms with Crippen LogP contribution in [-0.4, -0.2) is 41.3 Å². The number of fused-ring (bicyclic) bond motifs is 6. The van der Waals surface area contributed by atoms with E-state index in [2.05, 4.69) is 33.0 Å². The molecule has 0 amide bonds. The van der Waals surface area contributed by atoms with E-state index in [0.29, 0.717) is 53.9 Å². The highest BCUT2D eigenvalue weighted by Crippen LogP contribution is 2.65. The number of hydrogen-bond acceptors (Lipinski definition) is 4. The first-order chi connectivity index (χ1) is 14.7. The lowest BCUT2D eigenvalue weighted by atomic mass is 9.51. The van der Waals surface area contributed by atoms with Gasteiger partial charge < -0.3 is 15.2 Å². The SMILES string of the molecule is CC1=C2C[C@H]3[C@@H](CC(=O)[C@H]4C[C@@H](O)CC[C@]43C)[C@H]2CC[C@]12O[C@@H]1C[C@H](C)CN[C@H]1[C@H]2C. The Morgan fingerprint density at radius 1 is 1.13 bits per heavy atom. The van der Waals surface area contributed by atoms with Crippen molar-refractivity contribution in [2.75, 3.05) is 6.54 Å². The maximum atomic E-state index is 13.2. The second-order valence-corrected chi connectivity index (χ2v) is 12.5. The molecule has 4 heteroatoms. The van der Waals surface area contributed by atoms with Gasteiger partial charge in [-0.25, -0.2) is 0 Å². The smallest absolute Gasteiger partial charge is 0.136 e. The number of nitrogens with one attached hydrogen (secondary N) is 1. The summed E-state index contributed by atoms with van der Waals surface area (Å²) < 4.78 is 7.00. The molecule has 2 saturated heterocycles. The fourth-order valence-electron chi connectivity index (χ4n) is 9.46. The van der Waals surface area contributed by atoms with Crippen LogP contribution in [0.1, 0.15) is 79.1 Å². The Hall–Kier alpha value is -0.710. The lowest BCUT2D eigenvalue weighted by Gasteiger charge is -2.52. The summed E-state index contributed by atoms with van der Waals surface area (Å²) in [5, 5.41) is 14.1. The highest BCUT2D eigenvalue weighted by atomic mass is 16.5. The summed E-state index contributed by atoms with van der Waals surface area (Å²) in [6.07, 6.45) is 8.02. The molecule has 6 rings (SSSR count). The first-order valence-electron chi connectivity index (χ1n) is 13.1. The predicted octanol–water partition coefficient (Wildman–Crippen LogP) is 4.26. The van der Waals surface area contributed by atoms with Crippen molar-refractivity contribution in [3.05, 3.63) is 11.1 Å². The van der Waals surface area contributed by atoms with Gasteiger partial charge in [-0.1, -0.05) is 26.3 Å². The summed E-state index contributed by atoms with van der Waals surface area (Å²) in [4.78, 5) is 13.2. The van der Waals surface area contributed by atoms with Crippen LogP contribution in [0.2, 0.25) is 0 Å². The number of hydrogen-bond donors (Lipinski definition) is 2. The van der Waals surface area contributed by atoms with Crippen molar-refractivity contribution in [1.82, 2.24) is 5.32 Å². The van der Waals surface area contributed by atoms with E-state index in [1.807, 2.05) is 0 Å². The largest absolute Gasteiger partial charge is 0.393 e. The number of allylic oxidation sites excluding steroid dienone is 1. The maximum Gasteiger partial charge on any atom is 0.136 e. The van der Waals surface area contributed by atoms with Crippen molar-refractivity contribution in [2.24, 2.45) is 40.9 Å². The summed E-state index contributed by atoms with van der Waals surface area (Å²) in [7, 11) is 0. The van der Waals surface area contributed by atoms with E-state index < -0.39 is 0 Å². The summed E-state index contributed by atoms with van der Waals surface area (Å²) in [5.41, 5.74) is 3.15. The zero-order chi connectivity index (χ0) is 21.7. The van der Waals surface area contributed by atoms with Gasteiger partial charge in [0, 0.05) is 24.3 Å². The summed E-state index contributed by atoms with van der Waals surface area (Å²) in [6, 6.07) is 0.482. The third-order valence-electron chi connectivity index (χ3n) is 11.2. The van der Waals surface area contributed by atoms with Gasteiger partial charge in [-0.05, 0) is 93.1 Å².